The van der Waals surface area contributed by atoms with Gasteiger partial charge >= 0.3 is 0 Å². The van der Waals surface area contributed by atoms with Gasteiger partial charge in [0.05, 0.1) is 0 Å². The van der Waals surface area contributed by atoms with Crippen LogP contribution < -0.4 is 5.32 Å². The van der Waals surface area contributed by atoms with Gasteiger partial charge in [-0.25, -0.2) is 0 Å². The Balaban J connectivity index is 2.53. The minimum Gasteiger partial charge on any atom is -0.313 e. The summed E-state index contributed by atoms with van der Waals surface area (Å²) in [4.78, 5) is 1.30. The second-order valence-electron chi connectivity index (χ2n) is 3.91. The molecule has 0 spiro atoms. The molecule has 1 aromatic carbocycles. The van der Waals surface area contributed by atoms with Crippen molar-refractivity contribution in [2.45, 2.75) is 24.8 Å². The summed E-state index contributed by atoms with van der Waals surface area (Å²) in [6.45, 7) is 4.27. The zero-order chi connectivity index (χ0) is 12.0. The summed E-state index contributed by atoms with van der Waals surface area (Å²) in [7, 11) is 2.01. The second kappa shape index (κ2) is 7.15. The molecule has 16 heavy (non-hydrogen) atoms. The third-order valence-electron chi connectivity index (χ3n) is 2.13. The van der Waals surface area contributed by atoms with Crippen molar-refractivity contribution in [1.82, 2.24) is 5.32 Å². The molecule has 0 radical (unpaired) electrons. The fourth-order valence-electron chi connectivity index (χ4n) is 1.36. The van der Waals surface area contributed by atoms with E-state index in [4.69, 9.17) is 0 Å². The Hall–Kier alpha value is -0.250. The molecule has 88 valence electrons. The van der Waals surface area contributed by atoms with Crippen LogP contribution in [-0.4, -0.2) is 18.8 Å². The summed E-state index contributed by atoms with van der Waals surface area (Å²) in [6.07, 6.45) is 2.27. The van der Waals surface area contributed by atoms with E-state index in [1.807, 2.05) is 18.8 Å². The summed E-state index contributed by atoms with van der Waals surface area (Å²) < 4.78 is 1.14. The molecule has 0 saturated heterocycles. The van der Waals surface area contributed by atoms with Gasteiger partial charge < -0.3 is 5.32 Å². The number of nitrogens with one attached hydrogen (secondary N) is 1. The molecule has 0 aliphatic rings. The molecule has 0 amide bonds. The lowest BCUT2D eigenvalue weighted by Crippen LogP contribution is -2.25. The molecule has 1 nitrogen and oxygen atoms in total. The number of hydrogen-bond acceptors (Lipinski definition) is 2. The molecule has 1 unspecified atom stereocenters. The van der Waals surface area contributed by atoms with E-state index in [1.54, 1.807) is 0 Å². The smallest absolute Gasteiger partial charge is 0.0344 e. The minimum atomic E-state index is 0.439. The fourth-order valence-corrected chi connectivity index (χ4v) is 2.93. The Morgan fingerprint density at radius 1 is 1.50 bits per heavy atom. The van der Waals surface area contributed by atoms with Gasteiger partial charge in [-0.2, -0.15) is 0 Å². The standard InChI is InChI=1S/C13H18BrNS/c1-10(2)7-12(15-3)9-16-13-6-4-5-11(14)8-13/h4-8,12,15H,9H2,1-3H3. The highest BCUT2D eigenvalue weighted by atomic mass is 79.9. The van der Waals surface area contributed by atoms with Crippen LogP contribution in [0.2, 0.25) is 0 Å². The van der Waals surface area contributed by atoms with E-state index >= 15 is 0 Å². The van der Waals surface area contributed by atoms with Crippen molar-refractivity contribution >= 4 is 27.7 Å². The quantitative estimate of drug-likeness (QED) is 0.649. The molecular formula is C13H18BrNS. The van der Waals surface area contributed by atoms with Gasteiger partial charge in [0, 0.05) is 21.2 Å². The lowest BCUT2D eigenvalue weighted by atomic mass is 10.2. The van der Waals surface area contributed by atoms with E-state index in [0.29, 0.717) is 6.04 Å². The first kappa shape index (κ1) is 13.8. The molecule has 0 saturated carbocycles. The minimum absolute atomic E-state index is 0.439. The average molecular weight is 300 g/mol. The number of rotatable bonds is 5. The highest BCUT2D eigenvalue weighted by molar-refractivity contribution is 9.10. The molecule has 0 aliphatic heterocycles. The molecular weight excluding hydrogens is 282 g/mol. The maximum atomic E-state index is 3.49. The van der Waals surface area contributed by atoms with E-state index in [2.05, 4.69) is 65.4 Å². The number of likely N-dealkylation sites (N-methyl/N-ethyl adjacent to an activating group) is 1. The molecule has 1 rings (SSSR count). The Morgan fingerprint density at radius 2 is 2.25 bits per heavy atom. The van der Waals surface area contributed by atoms with Gasteiger partial charge in [0.25, 0.3) is 0 Å². The van der Waals surface area contributed by atoms with E-state index in [9.17, 15) is 0 Å². The molecule has 1 aromatic rings. The molecule has 1 atom stereocenters. The SMILES string of the molecule is CNC(C=C(C)C)CSc1cccc(Br)c1. The topological polar surface area (TPSA) is 12.0 Å². The van der Waals surface area contributed by atoms with Crippen molar-refractivity contribution in [3.63, 3.8) is 0 Å². The van der Waals surface area contributed by atoms with Crippen LogP contribution in [0.5, 0.6) is 0 Å². The van der Waals surface area contributed by atoms with Crippen molar-refractivity contribution in [2.75, 3.05) is 12.8 Å². The lowest BCUT2D eigenvalue weighted by molar-refractivity contribution is 0.733. The molecule has 0 bridgehead atoms. The number of halogens is 1. The number of thioether (sulfide) groups is 1. The monoisotopic (exact) mass is 299 g/mol. The zero-order valence-corrected chi connectivity index (χ0v) is 12.4. The normalized spacial score (nSPS) is 12.2. The highest BCUT2D eigenvalue weighted by Crippen LogP contribution is 2.22. The second-order valence-corrected chi connectivity index (χ2v) is 5.92. The first-order chi connectivity index (χ1) is 7.61. The van der Waals surface area contributed by atoms with Gasteiger partial charge in [0.2, 0.25) is 0 Å². The summed E-state index contributed by atoms with van der Waals surface area (Å²) in [6, 6.07) is 8.86. The van der Waals surface area contributed by atoms with Gasteiger partial charge in [0.15, 0.2) is 0 Å². The summed E-state index contributed by atoms with van der Waals surface area (Å²) in [5.41, 5.74) is 1.36. The molecule has 0 fully saturated rings. The summed E-state index contributed by atoms with van der Waals surface area (Å²) in [5.74, 6) is 1.05. The maximum Gasteiger partial charge on any atom is 0.0344 e. The summed E-state index contributed by atoms with van der Waals surface area (Å²) >= 11 is 5.36. The van der Waals surface area contributed by atoms with Crippen molar-refractivity contribution in [1.29, 1.82) is 0 Å². The highest BCUT2D eigenvalue weighted by Gasteiger charge is 2.03. The van der Waals surface area contributed by atoms with Crippen LogP contribution in [0.25, 0.3) is 0 Å². The molecule has 3 heteroatoms. The first-order valence-electron chi connectivity index (χ1n) is 5.32. The number of benzene rings is 1. The van der Waals surface area contributed by atoms with Crippen LogP contribution in [-0.2, 0) is 0 Å². The molecule has 0 aliphatic carbocycles. The Kier molecular flexibility index (Phi) is 6.17. The number of hydrogen-bond donors (Lipinski definition) is 1. The van der Waals surface area contributed by atoms with E-state index < -0.39 is 0 Å². The third-order valence-corrected chi connectivity index (χ3v) is 3.74. The van der Waals surface area contributed by atoms with Crippen LogP contribution >= 0.6 is 27.7 Å². The van der Waals surface area contributed by atoms with Crippen LogP contribution in [0, 0.1) is 0 Å². The van der Waals surface area contributed by atoms with Gasteiger partial charge in [0.1, 0.15) is 0 Å². The van der Waals surface area contributed by atoms with Crippen LogP contribution in [0.15, 0.2) is 45.3 Å². The Bertz CT molecular complexity index is 359. The van der Waals surface area contributed by atoms with Crippen molar-refractivity contribution < 1.29 is 0 Å². The predicted octanol–water partition coefficient (Wildman–Crippen LogP) is 4.10. The van der Waals surface area contributed by atoms with Crippen molar-refractivity contribution in [3.05, 3.63) is 40.4 Å². The first-order valence-corrected chi connectivity index (χ1v) is 7.10. The van der Waals surface area contributed by atoms with Gasteiger partial charge in [-0.15, -0.1) is 11.8 Å². The fraction of sp³-hybridized carbons (Fsp3) is 0.385. The molecule has 1 N–H and O–H groups in total. The van der Waals surface area contributed by atoms with Crippen LogP contribution in [0.3, 0.4) is 0 Å². The average Bonchev–Trinajstić information content (AvgIpc) is 2.24. The predicted molar refractivity (Wildman–Crippen MR) is 77.1 cm³/mol. The van der Waals surface area contributed by atoms with Crippen molar-refractivity contribution in [2.24, 2.45) is 0 Å². The van der Waals surface area contributed by atoms with Crippen molar-refractivity contribution in [3.8, 4) is 0 Å². The lowest BCUT2D eigenvalue weighted by Gasteiger charge is -2.12. The Morgan fingerprint density at radius 3 is 2.81 bits per heavy atom. The Labute approximate surface area is 111 Å². The van der Waals surface area contributed by atoms with E-state index in [1.165, 1.54) is 10.5 Å². The van der Waals surface area contributed by atoms with Gasteiger partial charge in [-0.05, 0) is 39.1 Å². The largest absolute Gasteiger partial charge is 0.313 e. The molecule has 0 aromatic heterocycles. The number of allylic oxidation sites excluding steroid dienone is 1. The third kappa shape index (κ3) is 5.19. The maximum absolute atomic E-state index is 3.49. The molecule has 0 heterocycles. The van der Waals surface area contributed by atoms with Gasteiger partial charge in [-0.1, -0.05) is 33.6 Å². The van der Waals surface area contributed by atoms with Crippen LogP contribution in [0.4, 0.5) is 0 Å². The van der Waals surface area contributed by atoms with E-state index in [-0.39, 0.29) is 0 Å². The summed E-state index contributed by atoms with van der Waals surface area (Å²) in [5, 5.41) is 3.31. The zero-order valence-electron chi connectivity index (χ0n) is 9.96. The van der Waals surface area contributed by atoms with Gasteiger partial charge in [-0.3, -0.25) is 0 Å². The van der Waals surface area contributed by atoms with Crippen LogP contribution in [0.1, 0.15) is 13.8 Å². The van der Waals surface area contributed by atoms with E-state index in [0.717, 1.165) is 10.2 Å².